The second-order valence-electron chi connectivity index (χ2n) is 8.27. The quantitative estimate of drug-likeness (QED) is 0.529. The summed E-state index contributed by atoms with van der Waals surface area (Å²) >= 11 is 0. The number of likely N-dealkylation sites (tertiary alicyclic amines) is 1. The van der Waals surface area contributed by atoms with Crippen LogP contribution in [0.4, 0.5) is 17.6 Å². The van der Waals surface area contributed by atoms with Crippen LogP contribution in [0.1, 0.15) is 57.8 Å². The number of carbonyl (C=O) groups is 1. The Morgan fingerprint density at radius 3 is 2.77 bits per heavy atom. The molecule has 8 heteroatoms. The van der Waals surface area contributed by atoms with Gasteiger partial charge in [0.15, 0.2) is 0 Å². The number of amides is 1. The maximum Gasteiger partial charge on any atom is 0.232 e. The first-order valence-corrected chi connectivity index (χ1v) is 11.4. The summed E-state index contributed by atoms with van der Waals surface area (Å²) in [4.78, 5) is 28.0. The fourth-order valence-corrected chi connectivity index (χ4v) is 3.96. The molecule has 1 amide bonds. The highest BCUT2D eigenvalue weighted by Crippen LogP contribution is 2.24. The molecule has 0 aliphatic carbocycles. The molecule has 31 heavy (non-hydrogen) atoms. The van der Waals surface area contributed by atoms with Crippen molar-refractivity contribution in [3.63, 3.8) is 0 Å². The van der Waals surface area contributed by atoms with Gasteiger partial charge in [-0.1, -0.05) is 38.5 Å². The van der Waals surface area contributed by atoms with Gasteiger partial charge in [0.25, 0.3) is 0 Å². The van der Waals surface area contributed by atoms with Crippen LogP contribution in [0.3, 0.4) is 0 Å². The average molecular weight is 426 g/mol. The van der Waals surface area contributed by atoms with Crippen molar-refractivity contribution in [3.8, 4) is 0 Å². The standard InChI is InChI=1S/C23H35N7O/c1-4-6-13-25-21(31)18-12-11-16(3)30(14-18)15-20-27-22(24)29-23(28-20)26-19-10-8-7-9-17(19)5-2/h7-10,16,18H,4-6,11-15H2,1-3H3,(H,25,31)(H3,24,26,27,28,29). The molecule has 1 aromatic carbocycles. The number of unbranched alkanes of at least 4 members (excludes halogenated alkanes) is 1. The highest BCUT2D eigenvalue weighted by atomic mass is 16.1. The number of nitrogens with two attached hydrogens (primary N) is 1. The lowest BCUT2D eigenvalue weighted by Gasteiger charge is -2.36. The average Bonchev–Trinajstić information content (AvgIpc) is 2.75. The predicted octanol–water partition coefficient (Wildman–Crippen LogP) is 3.28. The lowest BCUT2D eigenvalue weighted by molar-refractivity contribution is -0.127. The molecule has 1 aliphatic rings. The number of piperidine rings is 1. The Hall–Kier alpha value is -2.74. The Balaban J connectivity index is 1.68. The van der Waals surface area contributed by atoms with E-state index in [1.54, 1.807) is 0 Å². The molecule has 8 nitrogen and oxygen atoms in total. The number of nitrogens with zero attached hydrogens (tertiary/aromatic N) is 4. The summed E-state index contributed by atoms with van der Waals surface area (Å²) in [6, 6.07) is 8.44. The number of nitrogens with one attached hydrogen (secondary N) is 2. The van der Waals surface area contributed by atoms with Crippen LogP contribution in [-0.2, 0) is 17.8 Å². The summed E-state index contributed by atoms with van der Waals surface area (Å²) in [5.41, 5.74) is 8.14. The maximum absolute atomic E-state index is 12.5. The van der Waals surface area contributed by atoms with E-state index in [-0.39, 0.29) is 17.8 Å². The van der Waals surface area contributed by atoms with Gasteiger partial charge in [0.2, 0.25) is 17.8 Å². The number of hydrogen-bond donors (Lipinski definition) is 3. The zero-order valence-corrected chi connectivity index (χ0v) is 18.9. The van der Waals surface area contributed by atoms with Crippen molar-refractivity contribution in [2.75, 3.05) is 24.1 Å². The summed E-state index contributed by atoms with van der Waals surface area (Å²) in [5, 5.41) is 6.36. The largest absolute Gasteiger partial charge is 0.368 e. The highest BCUT2D eigenvalue weighted by molar-refractivity contribution is 5.78. The van der Waals surface area contributed by atoms with Gasteiger partial charge < -0.3 is 16.4 Å². The van der Waals surface area contributed by atoms with Crippen LogP contribution >= 0.6 is 0 Å². The molecule has 4 N–H and O–H groups in total. The van der Waals surface area contributed by atoms with Crippen LogP contribution in [0.5, 0.6) is 0 Å². The van der Waals surface area contributed by atoms with Gasteiger partial charge in [0, 0.05) is 24.8 Å². The summed E-state index contributed by atoms with van der Waals surface area (Å²) in [6.07, 6.45) is 4.88. The van der Waals surface area contributed by atoms with E-state index in [2.05, 4.69) is 57.3 Å². The fourth-order valence-electron chi connectivity index (χ4n) is 3.96. The minimum atomic E-state index is 0.00117. The Kier molecular flexibility index (Phi) is 8.17. The van der Waals surface area contributed by atoms with Crippen LogP contribution in [0, 0.1) is 5.92 Å². The second-order valence-corrected chi connectivity index (χ2v) is 8.27. The monoisotopic (exact) mass is 425 g/mol. The van der Waals surface area contributed by atoms with E-state index in [4.69, 9.17) is 5.73 Å². The molecule has 2 atom stereocenters. The van der Waals surface area contributed by atoms with Gasteiger partial charge in [-0.2, -0.15) is 15.0 Å². The van der Waals surface area contributed by atoms with E-state index in [1.807, 2.05) is 18.2 Å². The predicted molar refractivity (Wildman–Crippen MR) is 124 cm³/mol. The Morgan fingerprint density at radius 1 is 1.19 bits per heavy atom. The fraction of sp³-hybridized carbons (Fsp3) is 0.565. The van der Waals surface area contributed by atoms with Crippen molar-refractivity contribution in [1.29, 1.82) is 0 Å². The van der Waals surface area contributed by atoms with Gasteiger partial charge in [-0.05, 0) is 44.2 Å². The molecule has 1 aromatic heterocycles. The number of nitrogen functional groups attached to an aromatic ring is 1. The van der Waals surface area contributed by atoms with Crippen LogP contribution in [-0.4, -0.2) is 44.9 Å². The van der Waals surface area contributed by atoms with Crippen LogP contribution in [0.15, 0.2) is 24.3 Å². The van der Waals surface area contributed by atoms with E-state index in [0.29, 0.717) is 30.9 Å². The third kappa shape index (κ3) is 6.37. The molecule has 1 fully saturated rings. The van der Waals surface area contributed by atoms with Crippen molar-refractivity contribution >= 4 is 23.5 Å². The number of aromatic nitrogens is 3. The van der Waals surface area contributed by atoms with Gasteiger partial charge in [-0.15, -0.1) is 0 Å². The molecule has 0 saturated carbocycles. The minimum absolute atomic E-state index is 0.00117. The zero-order chi connectivity index (χ0) is 22.2. The summed E-state index contributed by atoms with van der Waals surface area (Å²) in [6.45, 7) is 8.41. The highest BCUT2D eigenvalue weighted by Gasteiger charge is 2.30. The summed E-state index contributed by atoms with van der Waals surface area (Å²) < 4.78 is 0. The topological polar surface area (TPSA) is 109 Å². The third-order valence-electron chi connectivity index (χ3n) is 5.90. The Labute approximate surface area is 185 Å². The number of carbonyl (C=O) groups excluding carboxylic acids is 1. The summed E-state index contributed by atoms with van der Waals surface area (Å²) in [7, 11) is 0. The van der Waals surface area contributed by atoms with Gasteiger partial charge in [-0.25, -0.2) is 0 Å². The SMILES string of the molecule is CCCCNC(=O)C1CCC(C)N(Cc2nc(N)nc(Nc3ccccc3CC)n2)C1. The lowest BCUT2D eigenvalue weighted by atomic mass is 9.92. The molecule has 1 aliphatic heterocycles. The number of rotatable bonds is 9. The van der Waals surface area contributed by atoms with E-state index < -0.39 is 0 Å². The molecule has 2 aromatic rings. The van der Waals surface area contributed by atoms with Crippen LogP contribution in [0.25, 0.3) is 0 Å². The first kappa shape index (κ1) is 22.9. The molecule has 168 valence electrons. The van der Waals surface area contributed by atoms with Crippen molar-refractivity contribution in [1.82, 2.24) is 25.2 Å². The first-order chi connectivity index (χ1) is 15.0. The minimum Gasteiger partial charge on any atom is -0.368 e. The van der Waals surface area contributed by atoms with E-state index in [1.165, 1.54) is 5.56 Å². The molecule has 0 radical (unpaired) electrons. The van der Waals surface area contributed by atoms with E-state index in [9.17, 15) is 4.79 Å². The van der Waals surface area contributed by atoms with Crippen molar-refractivity contribution in [3.05, 3.63) is 35.7 Å². The first-order valence-electron chi connectivity index (χ1n) is 11.4. The van der Waals surface area contributed by atoms with E-state index >= 15 is 0 Å². The summed E-state index contributed by atoms with van der Waals surface area (Å²) in [5.74, 6) is 1.41. The van der Waals surface area contributed by atoms with Gasteiger partial charge >= 0.3 is 0 Å². The molecule has 3 rings (SSSR count). The van der Waals surface area contributed by atoms with Crippen molar-refractivity contribution < 1.29 is 4.79 Å². The molecular weight excluding hydrogens is 390 g/mol. The Bertz CT molecular complexity index is 873. The second kappa shape index (κ2) is 11.0. The Morgan fingerprint density at radius 2 is 2.00 bits per heavy atom. The maximum atomic E-state index is 12.5. The van der Waals surface area contributed by atoms with Crippen LogP contribution in [0.2, 0.25) is 0 Å². The van der Waals surface area contributed by atoms with Gasteiger partial charge in [0.05, 0.1) is 12.5 Å². The van der Waals surface area contributed by atoms with Crippen molar-refractivity contribution in [2.45, 2.75) is 65.5 Å². The number of benzene rings is 1. The van der Waals surface area contributed by atoms with Gasteiger partial charge in [0.1, 0.15) is 5.82 Å². The third-order valence-corrected chi connectivity index (χ3v) is 5.90. The zero-order valence-electron chi connectivity index (χ0n) is 18.9. The number of para-hydroxylation sites is 1. The molecule has 0 spiro atoms. The molecule has 0 bridgehead atoms. The number of anilines is 3. The normalized spacial score (nSPS) is 19.2. The molecular formula is C23H35N7O. The smallest absolute Gasteiger partial charge is 0.232 e. The van der Waals surface area contributed by atoms with E-state index in [0.717, 1.165) is 44.3 Å². The van der Waals surface area contributed by atoms with Gasteiger partial charge in [-0.3, -0.25) is 9.69 Å². The van der Waals surface area contributed by atoms with Crippen molar-refractivity contribution in [2.24, 2.45) is 5.92 Å². The lowest BCUT2D eigenvalue weighted by Crippen LogP contribution is -2.46. The molecule has 1 saturated heterocycles. The number of hydrogen-bond acceptors (Lipinski definition) is 7. The van der Waals surface area contributed by atoms with Crippen LogP contribution < -0.4 is 16.4 Å². The molecule has 2 heterocycles. The molecule has 2 unspecified atom stereocenters. The number of aryl methyl sites for hydroxylation is 1.